The predicted octanol–water partition coefficient (Wildman–Crippen LogP) is 1.65. The number of ether oxygens (including phenoxy) is 2. The average molecular weight is 240 g/mol. The Bertz CT molecular complexity index is 349. The molecular formula is C12H16O3S. The summed E-state index contributed by atoms with van der Waals surface area (Å²) in [6, 6.07) is 2.02. The fourth-order valence-corrected chi connectivity index (χ4v) is 1.81. The Kier molecular flexibility index (Phi) is 6.86. The Labute approximate surface area is 100 Å². The van der Waals surface area contributed by atoms with Crippen molar-refractivity contribution >= 4 is 11.3 Å². The third-order valence-electron chi connectivity index (χ3n) is 1.80. The van der Waals surface area contributed by atoms with Crippen molar-refractivity contribution in [2.75, 3.05) is 26.9 Å². The zero-order chi connectivity index (χ0) is 11.6. The molecular weight excluding hydrogens is 224 g/mol. The Morgan fingerprint density at radius 3 is 3.06 bits per heavy atom. The number of rotatable bonds is 6. The quantitative estimate of drug-likeness (QED) is 0.607. The summed E-state index contributed by atoms with van der Waals surface area (Å²) < 4.78 is 10.3. The van der Waals surface area contributed by atoms with Gasteiger partial charge in [-0.05, 0) is 6.07 Å². The first-order valence-electron chi connectivity index (χ1n) is 5.10. The first kappa shape index (κ1) is 13.2. The van der Waals surface area contributed by atoms with Crippen LogP contribution in [0.2, 0.25) is 0 Å². The van der Waals surface area contributed by atoms with Crippen molar-refractivity contribution in [2.24, 2.45) is 0 Å². The molecule has 0 spiro atoms. The molecule has 3 nitrogen and oxygen atoms in total. The predicted molar refractivity (Wildman–Crippen MR) is 64.4 cm³/mol. The lowest BCUT2D eigenvalue weighted by Crippen LogP contribution is -2.00. The highest BCUT2D eigenvalue weighted by atomic mass is 32.1. The van der Waals surface area contributed by atoms with Crippen LogP contribution in [0.1, 0.15) is 16.9 Å². The zero-order valence-corrected chi connectivity index (χ0v) is 10.2. The summed E-state index contributed by atoms with van der Waals surface area (Å²) >= 11 is 1.63. The lowest BCUT2D eigenvalue weighted by atomic mass is 10.3. The zero-order valence-electron chi connectivity index (χ0n) is 9.36. The van der Waals surface area contributed by atoms with Gasteiger partial charge >= 0.3 is 0 Å². The van der Waals surface area contributed by atoms with Gasteiger partial charge in [0.05, 0.1) is 26.4 Å². The Hall–Kier alpha value is -0.860. The molecule has 1 rings (SSSR count). The molecule has 1 aromatic rings. The third kappa shape index (κ3) is 5.29. The van der Waals surface area contributed by atoms with Crippen LogP contribution in [0.5, 0.6) is 0 Å². The lowest BCUT2D eigenvalue weighted by Gasteiger charge is -2.00. The molecule has 1 aromatic heterocycles. The second-order valence-electron chi connectivity index (χ2n) is 3.12. The molecule has 1 heterocycles. The molecule has 16 heavy (non-hydrogen) atoms. The van der Waals surface area contributed by atoms with Crippen LogP contribution in [-0.2, 0) is 16.1 Å². The minimum Gasteiger partial charge on any atom is -0.395 e. The van der Waals surface area contributed by atoms with E-state index in [1.54, 1.807) is 18.4 Å². The summed E-state index contributed by atoms with van der Waals surface area (Å²) in [6.07, 6.45) is 0.523. The van der Waals surface area contributed by atoms with Gasteiger partial charge in [-0.3, -0.25) is 0 Å². The first-order valence-corrected chi connectivity index (χ1v) is 5.98. The van der Waals surface area contributed by atoms with Crippen molar-refractivity contribution < 1.29 is 14.6 Å². The smallest absolute Gasteiger partial charge is 0.0810 e. The van der Waals surface area contributed by atoms with E-state index in [9.17, 15) is 0 Å². The summed E-state index contributed by atoms with van der Waals surface area (Å²) in [4.78, 5) is 1.16. The van der Waals surface area contributed by atoms with Crippen molar-refractivity contribution in [3.63, 3.8) is 0 Å². The number of hydrogen-bond donors (Lipinski definition) is 1. The molecule has 0 saturated heterocycles. The van der Waals surface area contributed by atoms with E-state index in [0.717, 1.165) is 10.4 Å². The minimum absolute atomic E-state index is 0.115. The molecule has 1 N–H and O–H groups in total. The number of methoxy groups -OCH3 is 1. The van der Waals surface area contributed by atoms with Crippen molar-refractivity contribution in [1.29, 1.82) is 0 Å². The van der Waals surface area contributed by atoms with Gasteiger partial charge in [-0.1, -0.05) is 11.8 Å². The summed E-state index contributed by atoms with van der Waals surface area (Å²) in [5.74, 6) is 5.87. The van der Waals surface area contributed by atoms with Gasteiger partial charge in [0, 0.05) is 29.4 Å². The van der Waals surface area contributed by atoms with Crippen molar-refractivity contribution in [3.8, 4) is 11.8 Å². The fourth-order valence-electron chi connectivity index (χ4n) is 1.06. The van der Waals surface area contributed by atoms with Crippen LogP contribution < -0.4 is 0 Å². The summed E-state index contributed by atoms with van der Waals surface area (Å²) in [6.45, 7) is 1.95. The number of aliphatic hydroxyl groups excluding tert-OH is 1. The van der Waals surface area contributed by atoms with E-state index in [0.29, 0.717) is 26.2 Å². The molecule has 0 radical (unpaired) electrons. The highest BCUT2D eigenvalue weighted by molar-refractivity contribution is 7.10. The van der Waals surface area contributed by atoms with Crippen molar-refractivity contribution in [1.82, 2.24) is 0 Å². The van der Waals surface area contributed by atoms with Crippen molar-refractivity contribution in [2.45, 2.75) is 13.0 Å². The van der Waals surface area contributed by atoms with Crippen LogP contribution in [-0.4, -0.2) is 32.0 Å². The van der Waals surface area contributed by atoms with Gasteiger partial charge in [0.25, 0.3) is 0 Å². The van der Waals surface area contributed by atoms with Gasteiger partial charge in [-0.15, -0.1) is 11.3 Å². The van der Waals surface area contributed by atoms with Gasteiger partial charge in [0.15, 0.2) is 0 Å². The monoisotopic (exact) mass is 240 g/mol. The van der Waals surface area contributed by atoms with Crippen LogP contribution >= 0.6 is 11.3 Å². The van der Waals surface area contributed by atoms with Crippen molar-refractivity contribution in [3.05, 3.63) is 21.9 Å². The van der Waals surface area contributed by atoms with E-state index in [1.807, 2.05) is 11.4 Å². The molecule has 0 aliphatic heterocycles. The topological polar surface area (TPSA) is 38.7 Å². The van der Waals surface area contributed by atoms with Crippen LogP contribution in [0.3, 0.4) is 0 Å². The van der Waals surface area contributed by atoms with Crippen LogP contribution in [0.25, 0.3) is 0 Å². The molecule has 4 heteroatoms. The molecule has 0 fully saturated rings. The normalized spacial score (nSPS) is 9.88. The number of aliphatic hydroxyl groups is 1. The van der Waals surface area contributed by atoms with E-state index >= 15 is 0 Å². The van der Waals surface area contributed by atoms with E-state index < -0.39 is 0 Å². The van der Waals surface area contributed by atoms with E-state index in [2.05, 4.69) is 11.8 Å². The summed E-state index contributed by atoms with van der Waals surface area (Å²) in [7, 11) is 1.66. The molecule has 0 saturated carbocycles. The molecule has 0 aliphatic carbocycles. The average Bonchev–Trinajstić information content (AvgIpc) is 2.73. The van der Waals surface area contributed by atoms with Gasteiger partial charge in [-0.2, -0.15) is 0 Å². The minimum atomic E-state index is 0.115. The Morgan fingerprint density at radius 2 is 2.31 bits per heavy atom. The highest BCUT2D eigenvalue weighted by Gasteiger charge is 1.97. The van der Waals surface area contributed by atoms with Crippen LogP contribution in [0, 0.1) is 11.8 Å². The Morgan fingerprint density at radius 1 is 1.44 bits per heavy atom. The lowest BCUT2D eigenvalue weighted by molar-refractivity contribution is 0.0628. The SMILES string of the molecule is COCCOCc1cc(C#CCCO)cs1. The van der Waals surface area contributed by atoms with Gasteiger partial charge < -0.3 is 14.6 Å². The molecule has 0 bridgehead atoms. The summed E-state index contributed by atoms with van der Waals surface area (Å²) in [5.41, 5.74) is 0.990. The maximum Gasteiger partial charge on any atom is 0.0810 e. The van der Waals surface area contributed by atoms with E-state index in [-0.39, 0.29) is 6.61 Å². The highest BCUT2D eigenvalue weighted by Crippen LogP contribution is 2.14. The van der Waals surface area contributed by atoms with Gasteiger partial charge in [-0.25, -0.2) is 0 Å². The van der Waals surface area contributed by atoms with Gasteiger partial charge in [0.2, 0.25) is 0 Å². The maximum absolute atomic E-state index is 8.58. The van der Waals surface area contributed by atoms with E-state index in [4.69, 9.17) is 14.6 Å². The molecule has 0 amide bonds. The Balaban J connectivity index is 2.31. The molecule has 88 valence electrons. The van der Waals surface area contributed by atoms with E-state index in [1.165, 1.54) is 0 Å². The molecule has 0 aliphatic rings. The van der Waals surface area contributed by atoms with Crippen LogP contribution in [0.4, 0.5) is 0 Å². The molecule has 0 atom stereocenters. The van der Waals surface area contributed by atoms with Crippen LogP contribution in [0.15, 0.2) is 11.4 Å². The number of thiophene rings is 1. The largest absolute Gasteiger partial charge is 0.395 e. The molecule has 0 aromatic carbocycles. The maximum atomic E-state index is 8.58. The standard InChI is InChI=1S/C12H16O3S/c1-14-6-7-15-9-12-8-11(10-16-12)4-2-3-5-13/h8,10,13H,3,5-7,9H2,1H3. The van der Waals surface area contributed by atoms with Gasteiger partial charge in [0.1, 0.15) is 0 Å². The molecule has 0 unspecified atom stereocenters. The first-order chi connectivity index (χ1) is 7.86. The number of hydrogen-bond acceptors (Lipinski definition) is 4. The summed E-state index contributed by atoms with van der Waals surface area (Å²) in [5, 5.41) is 10.6. The fraction of sp³-hybridized carbons (Fsp3) is 0.500. The second kappa shape index (κ2) is 8.31. The third-order valence-corrected chi connectivity index (χ3v) is 2.71. The second-order valence-corrected chi connectivity index (χ2v) is 4.12.